The molecule has 0 aromatic heterocycles. The summed E-state index contributed by atoms with van der Waals surface area (Å²) in [5, 5.41) is 25.5. The zero-order valence-corrected chi connectivity index (χ0v) is 30.3. The summed E-state index contributed by atoms with van der Waals surface area (Å²) in [4.78, 5) is 9.53. The molecule has 0 bridgehead atoms. The minimum Gasteiger partial charge on any atom is -0.872 e. The largest absolute Gasteiger partial charge is 3.00 e. The van der Waals surface area contributed by atoms with Crippen molar-refractivity contribution >= 4 is 22.5 Å². The van der Waals surface area contributed by atoms with Crippen LogP contribution in [0.15, 0.2) is 63.4 Å². The van der Waals surface area contributed by atoms with Gasteiger partial charge in [-0.3, -0.25) is 9.98 Å². The van der Waals surface area contributed by atoms with Gasteiger partial charge in [-0.2, -0.15) is 0 Å². The molecule has 1 aliphatic rings. The number of aryl methyl sites for hydroxylation is 3. The predicted octanol–water partition coefficient (Wildman–Crippen LogP) is 6.79. The standard InChI is InChI=1S/C30H42N2O2.C7H8O3S.Co/c1-19-13-23(29(3,4)5)15-21(27(19)33)17-31-25-11-9-10-12-26(25)32-18-22-16-24(30(6,7)8)14-20(2)28(22)34;1-6-2-4-7(5-3-6)11(8,9)10;/h13-18,25-26,33-34H,9-12H2,1-8H3;2-5H,1H3,(H,8,9,10);/q;;+3/p-3/t25-,26-;;/m1../s1. The van der Waals surface area contributed by atoms with E-state index in [4.69, 9.17) is 9.98 Å². The van der Waals surface area contributed by atoms with Crippen LogP contribution in [-0.2, 0) is 37.7 Å². The Labute approximate surface area is 286 Å². The summed E-state index contributed by atoms with van der Waals surface area (Å²) in [6, 6.07) is 13.7. The molecule has 0 amide bonds. The fraction of sp³-hybridized carbons (Fsp3) is 0.459. The Morgan fingerprint density at radius 1 is 0.696 bits per heavy atom. The van der Waals surface area contributed by atoms with Gasteiger partial charge in [0.05, 0.1) is 17.0 Å². The van der Waals surface area contributed by atoms with Crippen molar-refractivity contribution < 1.29 is 40.0 Å². The molecule has 7 nitrogen and oxygen atoms in total. The van der Waals surface area contributed by atoms with E-state index in [1.54, 1.807) is 24.6 Å². The molecule has 0 radical (unpaired) electrons. The molecule has 0 N–H and O–H groups in total. The summed E-state index contributed by atoms with van der Waals surface area (Å²) in [5.74, 6) is 0.0798. The van der Waals surface area contributed by atoms with E-state index in [0.717, 1.165) is 53.5 Å². The van der Waals surface area contributed by atoms with Gasteiger partial charge in [0.1, 0.15) is 10.1 Å². The van der Waals surface area contributed by atoms with Crippen LogP contribution in [0.25, 0.3) is 0 Å². The van der Waals surface area contributed by atoms with E-state index in [2.05, 4.69) is 41.5 Å². The van der Waals surface area contributed by atoms with E-state index in [-0.39, 0.29) is 56.1 Å². The first-order valence-corrected chi connectivity index (χ1v) is 16.9. The Bertz CT molecular complexity index is 1560. The van der Waals surface area contributed by atoms with Crippen LogP contribution in [0.5, 0.6) is 11.5 Å². The fourth-order valence-corrected chi connectivity index (χ4v) is 5.63. The average molecular weight is 691 g/mol. The van der Waals surface area contributed by atoms with Crippen molar-refractivity contribution in [3.63, 3.8) is 0 Å². The van der Waals surface area contributed by atoms with E-state index in [1.807, 2.05) is 45.0 Å². The van der Waals surface area contributed by atoms with Crippen LogP contribution in [0, 0.1) is 20.8 Å². The molecular weight excluding hydrogens is 643 g/mol. The van der Waals surface area contributed by atoms with Crippen molar-refractivity contribution in [2.24, 2.45) is 9.98 Å². The molecule has 0 aliphatic heterocycles. The third kappa shape index (κ3) is 10.8. The van der Waals surface area contributed by atoms with Crippen LogP contribution in [0.4, 0.5) is 0 Å². The Balaban J connectivity index is 0.000000519. The molecule has 2 atom stereocenters. The number of benzene rings is 3. The molecule has 4 rings (SSSR count). The third-order valence-corrected chi connectivity index (χ3v) is 9.00. The van der Waals surface area contributed by atoms with Crippen LogP contribution in [0.1, 0.15) is 106 Å². The molecule has 46 heavy (non-hydrogen) atoms. The van der Waals surface area contributed by atoms with Gasteiger partial charge < -0.3 is 14.8 Å². The van der Waals surface area contributed by atoms with Gasteiger partial charge in [-0.25, -0.2) is 8.42 Å². The van der Waals surface area contributed by atoms with Crippen LogP contribution >= 0.6 is 0 Å². The van der Waals surface area contributed by atoms with Crippen molar-refractivity contribution in [2.75, 3.05) is 0 Å². The molecule has 0 heterocycles. The van der Waals surface area contributed by atoms with Gasteiger partial charge in [0.2, 0.25) is 0 Å². The second-order valence-electron chi connectivity index (χ2n) is 14.2. The van der Waals surface area contributed by atoms with E-state index in [0.29, 0.717) is 11.1 Å². The predicted molar refractivity (Wildman–Crippen MR) is 179 cm³/mol. The van der Waals surface area contributed by atoms with Gasteiger partial charge in [0, 0.05) is 12.4 Å². The summed E-state index contributed by atoms with van der Waals surface area (Å²) < 4.78 is 31.2. The molecular formula is C37H47CoN2O5S. The quantitative estimate of drug-likeness (QED) is 0.215. The first-order valence-electron chi connectivity index (χ1n) is 15.5. The molecule has 0 saturated heterocycles. The van der Waals surface area contributed by atoms with Crippen molar-refractivity contribution in [1.82, 2.24) is 0 Å². The SMILES string of the molecule is Cc1cc(C(C)(C)C)cc(C=N[C@@H]2CCCC[C@H]2N=Cc2cc(C(C)(C)C)cc(C)c2[O-])c1[O-].Cc1ccc(S(=O)(=O)[O-])cc1.[Co+3]. The minimum absolute atomic E-state index is 0. The number of aliphatic imine (C=N–C) groups is 2. The van der Waals surface area contributed by atoms with Gasteiger partial charge >= 0.3 is 16.8 Å². The number of hydrogen-bond acceptors (Lipinski definition) is 7. The minimum atomic E-state index is -4.27. The summed E-state index contributed by atoms with van der Waals surface area (Å²) in [6.07, 6.45) is 7.60. The molecule has 3 aromatic rings. The van der Waals surface area contributed by atoms with Gasteiger partial charge in [-0.1, -0.05) is 119 Å². The maximum Gasteiger partial charge on any atom is 3.00 e. The Hall–Kier alpha value is -2.98. The van der Waals surface area contributed by atoms with Crippen molar-refractivity contribution in [1.29, 1.82) is 0 Å². The molecule has 9 heteroatoms. The Kier molecular flexibility index (Phi) is 13.4. The molecule has 1 aliphatic carbocycles. The van der Waals surface area contributed by atoms with Gasteiger partial charge in [-0.05, 0) is 78.8 Å². The summed E-state index contributed by atoms with van der Waals surface area (Å²) >= 11 is 0. The molecule has 0 spiro atoms. The summed E-state index contributed by atoms with van der Waals surface area (Å²) in [5.41, 5.74) is 5.94. The second kappa shape index (κ2) is 15.7. The van der Waals surface area contributed by atoms with Crippen molar-refractivity contribution in [2.45, 2.75) is 116 Å². The van der Waals surface area contributed by atoms with Gasteiger partial charge in [0.15, 0.2) is 0 Å². The van der Waals surface area contributed by atoms with Crippen molar-refractivity contribution in [3.05, 3.63) is 87.5 Å². The van der Waals surface area contributed by atoms with E-state index in [9.17, 15) is 23.2 Å². The second-order valence-corrected chi connectivity index (χ2v) is 15.5. The van der Waals surface area contributed by atoms with Crippen LogP contribution in [-0.4, -0.2) is 37.5 Å². The first-order chi connectivity index (χ1) is 20.8. The average Bonchev–Trinajstić information content (AvgIpc) is 2.94. The van der Waals surface area contributed by atoms with Crippen molar-refractivity contribution in [3.8, 4) is 11.5 Å². The molecule has 3 aromatic carbocycles. The maximum absolute atomic E-state index is 12.7. The zero-order valence-electron chi connectivity index (χ0n) is 28.4. The van der Waals surface area contributed by atoms with Crippen LogP contribution < -0.4 is 10.2 Å². The van der Waals surface area contributed by atoms with Crippen LogP contribution in [0.2, 0.25) is 0 Å². The topological polar surface area (TPSA) is 128 Å². The molecule has 250 valence electrons. The monoisotopic (exact) mass is 690 g/mol. The smallest absolute Gasteiger partial charge is 0.872 e. The summed E-state index contributed by atoms with van der Waals surface area (Å²) in [7, 11) is -4.27. The third-order valence-electron chi connectivity index (χ3n) is 8.15. The van der Waals surface area contributed by atoms with E-state index in [1.165, 1.54) is 12.1 Å². The fourth-order valence-electron chi connectivity index (χ4n) is 5.16. The molecule has 1 fully saturated rings. The number of rotatable bonds is 5. The normalized spacial score (nSPS) is 17.4. The van der Waals surface area contributed by atoms with Crippen LogP contribution in [0.3, 0.4) is 0 Å². The molecule has 0 unspecified atom stereocenters. The molecule has 1 saturated carbocycles. The van der Waals surface area contributed by atoms with Gasteiger partial charge in [-0.15, -0.1) is 0 Å². The Morgan fingerprint density at radius 2 is 1.07 bits per heavy atom. The van der Waals surface area contributed by atoms with Gasteiger partial charge in [0.25, 0.3) is 0 Å². The zero-order chi connectivity index (χ0) is 33.7. The van der Waals surface area contributed by atoms with E-state index >= 15 is 0 Å². The summed E-state index contributed by atoms with van der Waals surface area (Å²) in [6.45, 7) is 18.5. The maximum atomic E-state index is 12.7. The first kappa shape index (κ1) is 39.2. The number of hydrogen-bond donors (Lipinski definition) is 0. The van der Waals surface area contributed by atoms with E-state index < -0.39 is 10.1 Å². The number of nitrogens with zero attached hydrogens (tertiary/aromatic N) is 2. The Morgan fingerprint density at radius 3 is 1.39 bits per heavy atom.